The van der Waals surface area contributed by atoms with Crippen molar-refractivity contribution in [2.75, 3.05) is 5.32 Å². The highest BCUT2D eigenvalue weighted by Crippen LogP contribution is 2.15. The maximum Gasteiger partial charge on any atom is 0.295 e. The first kappa shape index (κ1) is 15.7. The summed E-state index contributed by atoms with van der Waals surface area (Å²) in [6.07, 6.45) is 0. The second kappa shape index (κ2) is 6.15. The Bertz CT molecular complexity index is 886. The molecular weight excluding hydrogens is 321 g/mol. The van der Waals surface area contributed by atoms with E-state index in [4.69, 9.17) is 0 Å². The summed E-state index contributed by atoms with van der Waals surface area (Å²) in [5.41, 5.74) is 0.477. The van der Waals surface area contributed by atoms with Crippen LogP contribution in [0.2, 0.25) is 0 Å². The zero-order valence-corrected chi connectivity index (χ0v) is 12.4. The predicted molar refractivity (Wildman–Crippen MR) is 80.4 cm³/mol. The van der Waals surface area contributed by atoms with Gasteiger partial charge in [0.2, 0.25) is 5.82 Å². The van der Waals surface area contributed by atoms with Crippen LogP contribution in [0.15, 0.2) is 42.5 Å². The van der Waals surface area contributed by atoms with Gasteiger partial charge in [-0.25, -0.2) is 22.8 Å². The summed E-state index contributed by atoms with van der Waals surface area (Å²) in [7, 11) is 0. The standard InChI is InChI=1S/C16H11F3N4O/c1-9-20-15(22-23(9)14-4-2-10(17)3-5-14)16(24)21-13-7-11(18)6-12(19)8-13/h2-8H,1H3,(H,21,24). The summed E-state index contributed by atoms with van der Waals surface area (Å²) in [6.45, 7) is 1.62. The van der Waals surface area contributed by atoms with Crippen molar-refractivity contribution in [1.82, 2.24) is 14.8 Å². The van der Waals surface area contributed by atoms with Crippen molar-refractivity contribution in [2.24, 2.45) is 0 Å². The van der Waals surface area contributed by atoms with Gasteiger partial charge in [0.05, 0.1) is 5.69 Å². The second-order valence-electron chi connectivity index (χ2n) is 4.98. The van der Waals surface area contributed by atoms with Crippen LogP contribution in [0.4, 0.5) is 18.9 Å². The molecule has 122 valence electrons. The van der Waals surface area contributed by atoms with Gasteiger partial charge in [-0.15, -0.1) is 5.10 Å². The number of hydrogen-bond donors (Lipinski definition) is 1. The number of carbonyl (C=O) groups is 1. The van der Waals surface area contributed by atoms with E-state index in [1.54, 1.807) is 6.92 Å². The van der Waals surface area contributed by atoms with Crippen LogP contribution in [0.5, 0.6) is 0 Å². The molecule has 3 aromatic rings. The van der Waals surface area contributed by atoms with Gasteiger partial charge >= 0.3 is 0 Å². The Kier molecular flexibility index (Phi) is 4.03. The lowest BCUT2D eigenvalue weighted by Crippen LogP contribution is -2.14. The molecule has 0 aliphatic carbocycles. The van der Waals surface area contributed by atoms with Gasteiger partial charge in [0.15, 0.2) is 0 Å². The minimum atomic E-state index is -0.814. The van der Waals surface area contributed by atoms with Crippen molar-refractivity contribution in [3.05, 3.63) is 71.6 Å². The van der Waals surface area contributed by atoms with Gasteiger partial charge in [-0.1, -0.05) is 0 Å². The Morgan fingerprint density at radius 3 is 2.25 bits per heavy atom. The van der Waals surface area contributed by atoms with Crippen molar-refractivity contribution in [1.29, 1.82) is 0 Å². The Morgan fingerprint density at radius 2 is 1.62 bits per heavy atom. The van der Waals surface area contributed by atoms with E-state index in [1.807, 2.05) is 0 Å². The maximum absolute atomic E-state index is 13.1. The van der Waals surface area contributed by atoms with Gasteiger partial charge < -0.3 is 5.32 Å². The van der Waals surface area contributed by atoms with Crippen molar-refractivity contribution in [3.63, 3.8) is 0 Å². The molecule has 0 spiro atoms. The van der Waals surface area contributed by atoms with E-state index in [-0.39, 0.29) is 11.5 Å². The number of amides is 1. The minimum absolute atomic E-state index is 0.0479. The quantitative estimate of drug-likeness (QED) is 0.801. The van der Waals surface area contributed by atoms with Gasteiger partial charge in [0.1, 0.15) is 23.3 Å². The van der Waals surface area contributed by atoms with Gasteiger partial charge in [-0.05, 0) is 43.3 Å². The smallest absolute Gasteiger partial charge is 0.295 e. The molecule has 0 bridgehead atoms. The molecular formula is C16H11F3N4O. The van der Waals surface area contributed by atoms with Gasteiger partial charge in [0.25, 0.3) is 5.91 Å². The molecule has 1 aromatic heterocycles. The number of benzene rings is 2. The summed E-state index contributed by atoms with van der Waals surface area (Å²) in [4.78, 5) is 16.1. The molecule has 5 nitrogen and oxygen atoms in total. The van der Waals surface area contributed by atoms with Crippen molar-refractivity contribution < 1.29 is 18.0 Å². The third-order valence-electron chi connectivity index (χ3n) is 3.16. The van der Waals surface area contributed by atoms with E-state index in [9.17, 15) is 18.0 Å². The molecule has 3 rings (SSSR count). The van der Waals surface area contributed by atoms with E-state index in [0.717, 1.165) is 12.1 Å². The highest BCUT2D eigenvalue weighted by molar-refractivity contribution is 6.01. The number of hydrogen-bond acceptors (Lipinski definition) is 3. The molecule has 24 heavy (non-hydrogen) atoms. The zero-order valence-electron chi connectivity index (χ0n) is 12.4. The third-order valence-corrected chi connectivity index (χ3v) is 3.16. The first-order chi connectivity index (χ1) is 11.4. The lowest BCUT2D eigenvalue weighted by Gasteiger charge is -2.03. The normalized spacial score (nSPS) is 10.7. The predicted octanol–water partition coefficient (Wildman–Crippen LogP) is 3.25. The lowest BCUT2D eigenvalue weighted by atomic mass is 10.3. The fourth-order valence-electron chi connectivity index (χ4n) is 2.13. The van der Waals surface area contributed by atoms with Crippen LogP contribution in [-0.2, 0) is 0 Å². The first-order valence-corrected chi connectivity index (χ1v) is 6.89. The Morgan fingerprint density at radius 1 is 1.00 bits per heavy atom. The fraction of sp³-hybridized carbons (Fsp3) is 0.0625. The van der Waals surface area contributed by atoms with Crippen LogP contribution in [-0.4, -0.2) is 20.7 Å². The average molecular weight is 332 g/mol. The first-order valence-electron chi connectivity index (χ1n) is 6.89. The summed E-state index contributed by atoms with van der Waals surface area (Å²) in [6, 6.07) is 8.13. The molecule has 1 amide bonds. The zero-order chi connectivity index (χ0) is 17.3. The van der Waals surface area contributed by atoms with Crippen LogP contribution >= 0.6 is 0 Å². The summed E-state index contributed by atoms with van der Waals surface area (Å²) < 4.78 is 40.6. The number of carbonyl (C=O) groups excluding carboxylic acids is 1. The highest BCUT2D eigenvalue weighted by Gasteiger charge is 2.16. The monoisotopic (exact) mass is 332 g/mol. The van der Waals surface area contributed by atoms with E-state index in [0.29, 0.717) is 17.6 Å². The number of anilines is 1. The SMILES string of the molecule is Cc1nc(C(=O)Nc2cc(F)cc(F)c2)nn1-c1ccc(F)cc1. The van der Waals surface area contributed by atoms with Crippen LogP contribution in [0.3, 0.4) is 0 Å². The van der Waals surface area contributed by atoms with E-state index >= 15 is 0 Å². The number of nitrogens with zero attached hydrogens (tertiary/aromatic N) is 3. The molecule has 0 saturated carbocycles. The molecule has 2 aromatic carbocycles. The van der Waals surface area contributed by atoms with Crippen LogP contribution < -0.4 is 5.32 Å². The van der Waals surface area contributed by atoms with Gasteiger partial charge in [-0.2, -0.15) is 0 Å². The van der Waals surface area contributed by atoms with Crippen molar-refractivity contribution in [3.8, 4) is 5.69 Å². The van der Waals surface area contributed by atoms with Gasteiger partial charge in [-0.3, -0.25) is 4.79 Å². The van der Waals surface area contributed by atoms with E-state index < -0.39 is 23.4 Å². The maximum atomic E-state index is 13.1. The Labute approximate surface area is 134 Å². The second-order valence-corrected chi connectivity index (χ2v) is 4.98. The van der Waals surface area contributed by atoms with Crippen molar-refractivity contribution in [2.45, 2.75) is 6.92 Å². The highest BCUT2D eigenvalue weighted by atomic mass is 19.1. The van der Waals surface area contributed by atoms with Crippen LogP contribution in [0.25, 0.3) is 5.69 Å². The molecule has 0 radical (unpaired) electrons. The molecule has 0 fully saturated rings. The number of rotatable bonds is 3. The topological polar surface area (TPSA) is 59.8 Å². The van der Waals surface area contributed by atoms with Crippen LogP contribution in [0, 0.1) is 24.4 Å². The molecule has 0 saturated heterocycles. The van der Waals surface area contributed by atoms with E-state index in [1.165, 1.54) is 28.9 Å². The largest absolute Gasteiger partial charge is 0.319 e. The summed E-state index contributed by atoms with van der Waals surface area (Å²) in [5.74, 6) is -2.53. The number of aryl methyl sites for hydroxylation is 1. The average Bonchev–Trinajstić information content (AvgIpc) is 2.89. The molecule has 1 N–H and O–H groups in total. The number of aromatic nitrogens is 3. The minimum Gasteiger partial charge on any atom is -0.319 e. The van der Waals surface area contributed by atoms with Gasteiger partial charge in [0, 0.05) is 11.8 Å². The van der Waals surface area contributed by atoms with Crippen LogP contribution in [0.1, 0.15) is 16.4 Å². The molecule has 0 atom stereocenters. The fourth-order valence-corrected chi connectivity index (χ4v) is 2.13. The number of halogens is 3. The number of nitrogens with one attached hydrogen (secondary N) is 1. The molecule has 0 aliphatic rings. The summed E-state index contributed by atoms with van der Waals surface area (Å²) in [5, 5.41) is 6.36. The molecule has 8 heteroatoms. The Balaban J connectivity index is 1.86. The Hall–Kier alpha value is -3.16. The van der Waals surface area contributed by atoms with Crippen molar-refractivity contribution >= 4 is 11.6 Å². The van der Waals surface area contributed by atoms with E-state index in [2.05, 4.69) is 15.4 Å². The summed E-state index contributed by atoms with van der Waals surface area (Å²) >= 11 is 0. The molecule has 0 aliphatic heterocycles. The third kappa shape index (κ3) is 3.27. The molecule has 1 heterocycles. The molecule has 0 unspecified atom stereocenters. The lowest BCUT2D eigenvalue weighted by molar-refractivity contribution is 0.101.